The average molecular weight is 324 g/mol. The predicted molar refractivity (Wildman–Crippen MR) is 92.2 cm³/mol. The molecule has 5 heteroatoms. The quantitative estimate of drug-likeness (QED) is 0.858. The lowest BCUT2D eigenvalue weighted by molar-refractivity contribution is -0.118. The molecule has 24 heavy (non-hydrogen) atoms. The van der Waals surface area contributed by atoms with Gasteiger partial charge in [0.2, 0.25) is 0 Å². The van der Waals surface area contributed by atoms with Gasteiger partial charge in [-0.05, 0) is 61.7 Å². The van der Waals surface area contributed by atoms with Crippen LogP contribution in [0.3, 0.4) is 0 Å². The maximum atomic E-state index is 11.9. The topological polar surface area (TPSA) is 67.4 Å². The molecule has 0 unspecified atom stereocenters. The highest BCUT2D eigenvalue weighted by atomic mass is 16.5. The van der Waals surface area contributed by atoms with Crippen LogP contribution in [0.5, 0.6) is 5.75 Å². The molecule has 2 aromatic carbocycles. The van der Waals surface area contributed by atoms with E-state index in [0.717, 1.165) is 18.4 Å². The predicted octanol–water partition coefficient (Wildman–Crippen LogP) is 2.90. The van der Waals surface area contributed by atoms with Gasteiger partial charge in [0.15, 0.2) is 6.61 Å². The molecule has 0 aliphatic heterocycles. The smallest absolute Gasteiger partial charge is 0.262 e. The zero-order valence-corrected chi connectivity index (χ0v) is 13.5. The fraction of sp³-hybridized carbons (Fsp3) is 0.263. The Bertz CT molecular complexity index is 737. The summed E-state index contributed by atoms with van der Waals surface area (Å²) in [5.41, 5.74) is 2.31. The molecule has 0 bridgehead atoms. The summed E-state index contributed by atoms with van der Waals surface area (Å²) in [6, 6.07) is 14.7. The summed E-state index contributed by atoms with van der Waals surface area (Å²) in [6.07, 6.45) is 2.11. The van der Waals surface area contributed by atoms with Gasteiger partial charge < -0.3 is 15.4 Å². The molecule has 2 amide bonds. The summed E-state index contributed by atoms with van der Waals surface area (Å²) in [7, 11) is 0. The normalized spacial score (nSPS) is 13.2. The molecule has 0 heterocycles. The van der Waals surface area contributed by atoms with Crippen LogP contribution in [-0.2, 0) is 4.79 Å². The van der Waals surface area contributed by atoms with Gasteiger partial charge in [-0.15, -0.1) is 0 Å². The third-order valence-electron chi connectivity index (χ3n) is 3.70. The number of benzene rings is 2. The number of rotatable bonds is 6. The first-order valence-corrected chi connectivity index (χ1v) is 8.00. The Hall–Kier alpha value is -2.82. The lowest BCUT2D eigenvalue weighted by Gasteiger charge is -2.09. The van der Waals surface area contributed by atoms with Gasteiger partial charge in [0.25, 0.3) is 11.8 Å². The van der Waals surface area contributed by atoms with Gasteiger partial charge in [0.1, 0.15) is 5.75 Å². The van der Waals surface area contributed by atoms with Crippen LogP contribution in [0, 0.1) is 6.92 Å². The number of hydrogen-bond acceptors (Lipinski definition) is 3. The Morgan fingerprint density at radius 3 is 2.54 bits per heavy atom. The minimum absolute atomic E-state index is 0.0621. The molecular formula is C19H20N2O3. The van der Waals surface area contributed by atoms with Gasteiger partial charge in [-0.3, -0.25) is 9.59 Å². The molecule has 1 saturated carbocycles. The Morgan fingerprint density at radius 2 is 1.88 bits per heavy atom. The van der Waals surface area contributed by atoms with Crippen molar-refractivity contribution in [2.75, 3.05) is 11.9 Å². The molecule has 0 saturated heterocycles. The Balaban J connectivity index is 1.49. The highest BCUT2D eigenvalue weighted by molar-refractivity contribution is 5.96. The molecule has 5 nitrogen and oxygen atoms in total. The van der Waals surface area contributed by atoms with E-state index < -0.39 is 0 Å². The Kier molecular flexibility index (Phi) is 4.79. The Labute approximate surface area is 141 Å². The van der Waals surface area contributed by atoms with Crippen LogP contribution in [0.1, 0.15) is 28.8 Å². The number of ether oxygens (including phenoxy) is 1. The average Bonchev–Trinajstić information content (AvgIpc) is 3.38. The summed E-state index contributed by atoms with van der Waals surface area (Å²) in [6.45, 7) is 1.90. The van der Waals surface area contributed by atoms with E-state index in [-0.39, 0.29) is 18.4 Å². The minimum Gasteiger partial charge on any atom is -0.484 e. The highest BCUT2D eigenvalue weighted by Crippen LogP contribution is 2.19. The molecular weight excluding hydrogens is 304 g/mol. The number of aryl methyl sites for hydroxylation is 1. The van der Waals surface area contributed by atoms with E-state index in [9.17, 15) is 9.59 Å². The number of carbonyl (C=O) groups is 2. The number of nitrogens with one attached hydrogen (secondary N) is 2. The SMILES string of the molecule is Cc1cccc(OCC(=O)Nc2ccc(C(=O)NC3CC3)cc2)c1. The Morgan fingerprint density at radius 1 is 1.12 bits per heavy atom. The maximum absolute atomic E-state index is 11.9. The van der Waals surface area contributed by atoms with Crippen LogP contribution in [0.2, 0.25) is 0 Å². The maximum Gasteiger partial charge on any atom is 0.262 e. The first-order valence-electron chi connectivity index (χ1n) is 8.00. The minimum atomic E-state index is -0.244. The first kappa shape index (κ1) is 16.1. The van der Waals surface area contributed by atoms with Crippen molar-refractivity contribution in [3.8, 4) is 5.75 Å². The third-order valence-corrected chi connectivity index (χ3v) is 3.70. The van der Waals surface area contributed by atoms with E-state index in [1.165, 1.54) is 0 Å². The van der Waals surface area contributed by atoms with E-state index >= 15 is 0 Å². The number of anilines is 1. The fourth-order valence-electron chi connectivity index (χ4n) is 2.25. The van der Waals surface area contributed by atoms with Gasteiger partial charge in [0, 0.05) is 17.3 Å². The van der Waals surface area contributed by atoms with Crippen LogP contribution >= 0.6 is 0 Å². The number of amides is 2. The molecule has 3 rings (SSSR count). The second kappa shape index (κ2) is 7.17. The van der Waals surface area contributed by atoms with Gasteiger partial charge in [0.05, 0.1) is 0 Å². The van der Waals surface area contributed by atoms with Crippen LogP contribution in [0.15, 0.2) is 48.5 Å². The first-order chi connectivity index (χ1) is 11.6. The van der Waals surface area contributed by atoms with Crippen molar-refractivity contribution >= 4 is 17.5 Å². The summed E-state index contributed by atoms with van der Waals surface area (Å²) in [4.78, 5) is 23.8. The zero-order valence-electron chi connectivity index (χ0n) is 13.5. The van der Waals surface area contributed by atoms with E-state index in [0.29, 0.717) is 23.0 Å². The third kappa shape index (κ3) is 4.59. The highest BCUT2D eigenvalue weighted by Gasteiger charge is 2.23. The summed E-state index contributed by atoms with van der Waals surface area (Å²) in [5, 5.41) is 5.68. The molecule has 1 aliphatic rings. The van der Waals surface area contributed by atoms with Gasteiger partial charge >= 0.3 is 0 Å². The van der Waals surface area contributed by atoms with Crippen LogP contribution in [0.4, 0.5) is 5.69 Å². The molecule has 2 aromatic rings. The molecule has 1 aliphatic carbocycles. The fourth-order valence-corrected chi connectivity index (χ4v) is 2.25. The molecule has 0 radical (unpaired) electrons. The van der Waals surface area contributed by atoms with Crippen LogP contribution in [0.25, 0.3) is 0 Å². The monoisotopic (exact) mass is 324 g/mol. The van der Waals surface area contributed by atoms with Crippen LogP contribution < -0.4 is 15.4 Å². The molecule has 0 atom stereocenters. The van der Waals surface area contributed by atoms with Crippen molar-refractivity contribution in [1.29, 1.82) is 0 Å². The van der Waals surface area contributed by atoms with Crippen molar-refractivity contribution < 1.29 is 14.3 Å². The lowest BCUT2D eigenvalue weighted by atomic mass is 10.2. The van der Waals surface area contributed by atoms with E-state index in [2.05, 4.69) is 10.6 Å². The van der Waals surface area contributed by atoms with E-state index in [4.69, 9.17) is 4.74 Å². The van der Waals surface area contributed by atoms with Gasteiger partial charge in [-0.2, -0.15) is 0 Å². The van der Waals surface area contributed by atoms with Gasteiger partial charge in [-0.25, -0.2) is 0 Å². The van der Waals surface area contributed by atoms with Crippen molar-refractivity contribution in [2.24, 2.45) is 0 Å². The zero-order chi connectivity index (χ0) is 16.9. The van der Waals surface area contributed by atoms with Crippen molar-refractivity contribution in [2.45, 2.75) is 25.8 Å². The summed E-state index contributed by atoms with van der Waals surface area (Å²) >= 11 is 0. The molecule has 0 spiro atoms. The summed E-state index contributed by atoms with van der Waals surface area (Å²) < 4.78 is 5.46. The van der Waals surface area contributed by atoms with Crippen molar-refractivity contribution in [3.05, 3.63) is 59.7 Å². The molecule has 0 aromatic heterocycles. The van der Waals surface area contributed by atoms with E-state index in [1.807, 2.05) is 31.2 Å². The second-order valence-corrected chi connectivity index (χ2v) is 5.98. The number of carbonyl (C=O) groups excluding carboxylic acids is 2. The standard InChI is InChI=1S/C19H20N2O3/c1-13-3-2-4-17(11-13)24-12-18(22)20-15-7-5-14(6-8-15)19(23)21-16-9-10-16/h2-8,11,16H,9-10,12H2,1H3,(H,20,22)(H,21,23). The van der Waals surface area contributed by atoms with Gasteiger partial charge in [-0.1, -0.05) is 12.1 Å². The second-order valence-electron chi connectivity index (χ2n) is 5.98. The largest absolute Gasteiger partial charge is 0.484 e. The molecule has 2 N–H and O–H groups in total. The molecule has 1 fully saturated rings. The number of hydrogen-bond donors (Lipinski definition) is 2. The van der Waals surface area contributed by atoms with Crippen LogP contribution in [-0.4, -0.2) is 24.5 Å². The lowest BCUT2D eigenvalue weighted by Crippen LogP contribution is -2.25. The summed E-state index contributed by atoms with van der Waals surface area (Å²) in [5.74, 6) is 0.349. The van der Waals surface area contributed by atoms with E-state index in [1.54, 1.807) is 24.3 Å². The van der Waals surface area contributed by atoms with Crippen molar-refractivity contribution in [3.63, 3.8) is 0 Å². The van der Waals surface area contributed by atoms with Crippen molar-refractivity contribution in [1.82, 2.24) is 5.32 Å². The molecule has 124 valence electrons.